The van der Waals surface area contributed by atoms with Crippen molar-refractivity contribution in [1.29, 1.82) is 0 Å². The van der Waals surface area contributed by atoms with Crippen molar-refractivity contribution in [2.24, 2.45) is 28.5 Å². The predicted octanol–water partition coefficient (Wildman–Crippen LogP) is 4.96. The lowest BCUT2D eigenvalue weighted by molar-refractivity contribution is -0.114. The van der Waals surface area contributed by atoms with Crippen molar-refractivity contribution in [3.63, 3.8) is 0 Å². The summed E-state index contributed by atoms with van der Waals surface area (Å²) >= 11 is 12.1. The molecule has 136 valence electrons. The first-order valence-electron chi connectivity index (χ1n) is 8.71. The zero-order chi connectivity index (χ0) is 18.7. The molecular weight excluding hydrogens is 355 g/mol. The van der Waals surface area contributed by atoms with Crippen LogP contribution in [0.4, 0.5) is 0 Å². The van der Waals surface area contributed by atoms with Gasteiger partial charge in [0.15, 0.2) is 0 Å². The molecule has 1 aromatic carbocycles. The van der Waals surface area contributed by atoms with Crippen molar-refractivity contribution >= 4 is 39.7 Å². The van der Waals surface area contributed by atoms with Gasteiger partial charge in [-0.1, -0.05) is 51.4 Å². The maximum Gasteiger partial charge on any atom is 0.231 e. The minimum absolute atomic E-state index is 0.181. The first kappa shape index (κ1) is 20.2. The third-order valence-electron chi connectivity index (χ3n) is 4.52. The van der Waals surface area contributed by atoms with Crippen LogP contribution in [0.2, 0.25) is 5.02 Å². The van der Waals surface area contributed by atoms with Gasteiger partial charge in [-0.15, -0.1) is 0 Å². The van der Waals surface area contributed by atoms with Crippen LogP contribution in [0.5, 0.6) is 0 Å². The van der Waals surface area contributed by atoms with E-state index < -0.39 is 5.92 Å². The highest BCUT2D eigenvalue weighted by molar-refractivity contribution is 6.65. The fraction of sp³-hybridized carbons (Fsp3) is 0.500. The van der Waals surface area contributed by atoms with Crippen molar-refractivity contribution in [3.05, 3.63) is 40.4 Å². The number of nitrogens with two attached hydrogens (primary N) is 1. The van der Waals surface area contributed by atoms with Gasteiger partial charge in [0.05, 0.1) is 12.0 Å². The maximum absolute atomic E-state index is 12.3. The summed E-state index contributed by atoms with van der Waals surface area (Å²) in [5, 5.41) is 0.265. The molecule has 0 radical (unpaired) electrons. The van der Waals surface area contributed by atoms with Gasteiger partial charge < -0.3 is 5.73 Å². The highest BCUT2D eigenvalue weighted by Gasteiger charge is 2.38. The molecule has 0 aliphatic carbocycles. The van der Waals surface area contributed by atoms with Gasteiger partial charge in [0, 0.05) is 17.3 Å². The Bertz CT molecular complexity index is 690. The molecule has 25 heavy (non-hydrogen) atoms. The molecule has 0 amide bonds. The van der Waals surface area contributed by atoms with Crippen molar-refractivity contribution in [2.75, 3.05) is 6.54 Å². The molecule has 1 aliphatic rings. The number of aliphatic imine (C=N–C) groups is 1. The average molecular weight is 381 g/mol. The van der Waals surface area contributed by atoms with Gasteiger partial charge in [-0.2, -0.15) is 0 Å². The second-order valence-corrected chi connectivity index (χ2v) is 8.10. The number of benzene rings is 1. The summed E-state index contributed by atoms with van der Waals surface area (Å²) in [6.45, 7) is 8.78. The topological polar surface area (TPSA) is 55.5 Å². The number of halogens is 2. The summed E-state index contributed by atoms with van der Waals surface area (Å²) in [6, 6.07) is 7.32. The van der Waals surface area contributed by atoms with Crippen LogP contribution in [0.15, 0.2) is 34.8 Å². The molecule has 0 saturated heterocycles. The van der Waals surface area contributed by atoms with E-state index in [4.69, 9.17) is 33.9 Å². The lowest BCUT2D eigenvalue weighted by Gasteiger charge is -2.34. The molecule has 0 saturated carbocycles. The van der Waals surface area contributed by atoms with Gasteiger partial charge in [0.1, 0.15) is 0 Å². The molecule has 2 N–H and O–H groups in total. The number of carbonyl (C=O) groups excluding carboxylic acids is 1. The van der Waals surface area contributed by atoms with E-state index in [-0.39, 0.29) is 17.2 Å². The predicted molar refractivity (Wildman–Crippen MR) is 107 cm³/mol. The quantitative estimate of drug-likeness (QED) is 0.708. The largest absolute Gasteiger partial charge is 0.326 e. The fourth-order valence-corrected chi connectivity index (χ4v) is 3.77. The summed E-state index contributed by atoms with van der Waals surface area (Å²) in [4.78, 5) is 17.3. The Morgan fingerprint density at radius 2 is 1.80 bits per heavy atom. The van der Waals surface area contributed by atoms with Crippen LogP contribution < -0.4 is 5.73 Å². The van der Waals surface area contributed by atoms with Gasteiger partial charge in [0.2, 0.25) is 5.24 Å². The number of rotatable bonds is 6. The molecule has 5 heteroatoms. The normalized spacial score (nSPS) is 21.1. The lowest BCUT2D eigenvalue weighted by Crippen LogP contribution is -2.37. The maximum atomic E-state index is 12.3. The van der Waals surface area contributed by atoms with E-state index in [0.29, 0.717) is 17.5 Å². The van der Waals surface area contributed by atoms with Gasteiger partial charge >= 0.3 is 0 Å². The molecule has 2 rings (SSSR count). The van der Waals surface area contributed by atoms with Gasteiger partial charge in [-0.05, 0) is 58.7 Å². The second-order valence-electron chi connectivity index (χ2n) is 7.29. The Balaban J connectivity index is 2.70. The van der Waals surface area contributed by atoms with Crippen LogP contribution in [0.25, 0.3) is 5.57 Å². The van der Waals surface area contributed by atoms with E-state index in [0.717, 1.165) is 28.8 Å². The Morgan fingerprint density at radius 3 is 2.24 bits per heavy atom. The third kappa shape index (κ3) is 4.52. The van der Waals surface area contributed by atoms with Crippen molar-refractivity contribution in [1.82, 2.24) is 0 Å². The van der Waals surface area contributed by atoms with E-state index in [9.17, 15) is 4.79 Å². The van der Waals surface area contributed by atoms with Gasteiger partial charge in [-0.25, -0.2) is 0 Å². The molecule has 3 nitrogen and oxygen atoms in total. The Morgan fingerprint density at radius 1 is 1.20 bits per heavy atom. The molecule has 1 heterocycles. The fourth-order valence-electron chi connectivity index (χ4n) is 3.40. The molecule has 2 unspecified atom stereocenters. The van der Waals surface area contributed by atoms with Crippen molar-refractivity contribution in [3.8, 4) is 0 Å². The van der Waals surface area contributed by atoms with E-state index in [1.807, 2.05) is 24.3 Å². The Labute approximate surface area is 160 Å². The van der Waals surface area contributed by atoms with Crippen LogP contribution in [-0.2, 0) is 4.79 Å². The first-order chi connectivity index (χ1) is 11.8. The Kier molecular flexibility index (Phi) is 6.84. The van der Waals surface area contributed by atoms with Gasteiger partial charge in [-0.3, -0.25) is 9.79 Å². The average Bonchev–Trinajstić information content (AvgIpc) is 2.53. The van der Waals surface area contributed by atoms with Crippen LogP contribution in [0.1, 0.15) is 39.7 Å². The van der Waals surface area contributed by atoms with Crippen molar-refractivity contribution in [2.45, 2.75) is 40.2 Å². The van der Waals surface area contributed by atoms with E-state index in [1.165, 1.54) is 0 Å². The minimum atomic E-state index is -0.489. The number of hydrogen-bond acceptors (Lipinski definition) is 3. The van der Waals surface area contributed by atoms with E-state index in [2.05, 4.69) is 27.7 Å². The lowest BCUT2D eigenvalue weighted by atomic mass is 9.76. The van der Waals surface area contributed by atoms with Crippen LogP contribution >= 0.6 is 23.2 Å². The second kappa shape index (κ2) is 8.48. The molecule has 1 aromatic rings. The van der Waals surface area contributed by atoms with Crippen LogP contribution in [0, 0.1) is 17.8 Å². The summed E-state index contributed by atoms with van der Waals surface area (Å²) < 4.78 is 0. The van der Waals surface area contributed by atoms with Crippen LogP contribution in [-0.4, -0.2) is 23.5 Å². The zero-order valence-corrected chi connectivity index (χ0v) is 16.7. The summed E-state index contributed by atoms with van der Waals surface area (Å²) in [7, 11) is 0. The highest BCUT2D eigenvalue weighted by atomic mass is 35.5. The summed E-state index contributed by atoms with van der Waals surface area (Å²) in [6.07, 6.45) is 0.829. The number of carbonyl (C=O) groups is 1. The highest BCUT2D eigenvalue weighted by Crippen LogP contribution is 2.40. The summed E-state index contributed by atoms with van der Waals surface area (Å²) in [5.41, 5.74) is 9.87. The molecular formula is C20H26Cl2N2O. The van der Waals surface area contributed by atoms with Gasteiger partial charge in [0.25, 0.3) is 0 Å². The minimum Gasteiger partial charge on any atom is -0.326 e. The number of dihydropyridines is 1. The van der Waals surface area contributed by atoms with E-state index >= 15 is 0 Å². The molecule has 0 aromatic heterocycles. The first-order valence-corrected chi connectivity index (χ1v) is 9.47. The Hall–Kier alpha value is -1.16. The van der Waals surface area contributed by atoms with Crippen LogP contribution in [0.3, 0.4) is 0 Å². The third-order valence-corrected chi connectivity index (χ3v) is 5.01. The smallest absolute Gasteiger partial charge is 0.231 e. The zero-order valence-electron chi connectivity index (χ0n) is 15.2. The molecule has 0 spiro atoms. The van der Waals surface area contributed by atoms with E-state index in [1.54, 1.807) is 0 Å². The monoisotopic (exact) mass is 380 g/mol. The molecule has 0 bridgehead atoms. The standard InChI is InChI=1S/C20H26Cl2N2O/c1-11(2)9-16-15(10-23)17(13-5-7-14(21)8-6-13)18(20(22)25)19(24-16)12(3)4/h5-8,11-12,18-19H,9-10,23H2,1-4H3. The molecule has 0 fully saturated rings. The summed E-state index contributed by atoms with van der Waals surface area (Å²) in [5.74, 6) is 0.150. The van der Waals surface area contributed by atoms with Crippen molar-refractivity contribution < 1.29 is 4.79 Å². The molecule has 1 aliphatic heterocycles. The number of nitrogens with zero attached hydrogens (tertiary/aromatic N) is 1. The number of hydrogen-bond donors (Lipinski definition) is 1. The molecule has 2 atom stereocenters. The SMILES string of the molecule is CC(C)CC1=NC(C(C)C)C(C(=O)Cl)C(c2ccc(Cl)cc2)=C1CN.